The number of hydrogen-bond acceptors (Lipinski definition) is 3. The van der Waals surface area contributed by atoms with E-state index in [0.29, 0.717) is 6.54 Å². The van der Waals surface area contributed by atoms with Crippen LogP contribution in [-0.4, -0.2) is 38.6 Å². The average Bonchev–Trinajstić information content (AvgIpc) is 3.06. The largest absolute Gasteiger partial charge is 0.357 e. The van der Waals surface area contributed by atoms with Gasteiger partial charge in [0, 0.05) is 44.1 Å². The summed E-state index contributed by atoms with van der Waals surface area (Å²) < 4.78 is 3.84. The van der Waals surface area contributed by atoms with Crippen molar-refractivity contribution in [3.05, 3.63) is 35.4 Å². The molecule has 0 fully saturated rings. The zero-order valence-corrected chi connectivity index (χ0v) is 14.5. The molecule has 2 aromatic heterocycles. The number of aromatic nitrogens is 4. The molecule has 0 amide bonds. The summed E-state index contributed by atoms with van der Waals surface area (Å²) in [5.74, 6) is 0.838. The van der Waals surface area contributed by atoms with Gasteiger partial charge in [-0.25, -0.2) is 4.99 Å². The van der Waals surface area contributed by atoms with E-state index >= 15 is 0 Å². The van der Waals surface area contributed by atoms with Crippen LogP contribution in [0.3, 0.4) is 0 Å². The van der Waals surface area contributed by atoms with Gasteiger partial charge in [0.25, 0.3) is 0 Å². The third-order valence-corrected chi connectivity index (χ3v) is 3.46. The molecule has 7 heteroatoms. The minimum atomic E-state index is 0.626. The molecule has 0 aromatic carbocycles. The molecule has 2 rings (SSSR count). The van der Waals surface area contributed by atoms with Crippen molar-refractivity contribution >= 4 is 5.96 Å². The second-order valence-corrected chi connectivity index (χ2v) is 5.65. The van der Waals surface area contributed by atoms with Gasteiger partial charge >= 0.3 is 0 Å². The molecule has 2 aromatic rings. The lowest BCUT2D eigenvalue weighted by atomic mass is 10.3. The minimum absolute atomic E-state index is 0.626. The van der Waals surface area contributed by atoms with Gasteiger partial charge in [-0.1, -0.05) is 0 Å². The summed E-state index contributed by atoms with van der Waals surface area (Å²) in [4.78, 5) is 4.58. The Morgan fingerprint density at radius 2 is 2.13 bits per heavy atom. The predicted molar refractivity (Wildman–Crippen MR) is 92.3 cm³/mol. The van der Waals surface area contributed by atoms with Gasteiger partial charge in [-0.05, 0) is 33.3 Å². The molecule has 0 saturated heterocycles. The Bertz CT molecular complexity index is 639. The van der Waals surface area contributed by atoms with Crippen LogP contribution >= 0.6 is 0 Å². The summed E-state index contributed by atoms with van der Waals surface area (Å²) in [5, 5.41) is 15.3. The summed E-state index contributed by atoms with van der Waals surface area (Å²) >= 11 is 0. The highest BCUT2D eigenvalue weighted by atomic mass is 15.3. The van der Waals surface area contributed by atoms with Crippen molar-refractivity contribution in [1.29, 1.82) is 0 Å². The fraction of sp³-hybridized carbons (Fsp3) is 0.562. The fourth-order valence-corrected chi connectivity index (χ4v) is 2.40. The SMILES string of the molecule is CCNC(=NCc1cnn(C)c1)NCCCn1nc(C)cc1C. The number of aliphatic imine (C=N–C) groups is 1. The molecule has 0 aliphatic heterocycles. The summed E-state index contributed by atoms with van der Waals surface area (Å²) in [7, 11) is 1.91. The number of guanidine groups is 1. The molecule has 0 unspecified atom stereocenters. The maximum absolute atomic E-state index is 4.58. The van der Waals surface area contributed by atoms with Crippen LogP contribution in [0, 0.1) is 13.8 Å². The average molecular weight is 317 g/mol. The topological polar surface area (TPSA) is 72.1 Å². The first-order valence-electron chi connectivity index (χ1n) is 8.09. The van der Waals surface area contributed by atoms with Crippen LogP contribution in [0.25, 0.3) is 0 Å². The maximum atomic E-state index is 4.58. The van der Waals surface area contributed by atoms with Crippen LogP contribution in [0.15, 0.2) is 23.5 Å². The molecule has 23 heavy (non-hydrogen) atoms. The molecule has 0 aliphatic carbocycles. The molecular weight excluding hydrogens is 290 g/mol. The molecule has 126 valence electrons. The Labute approximate surface area is 137 Å². The summed E-state index contributed by atoms with van der Waals surface area (Å²) in [6.07, 6.45) is 4.82. The van der Waals surface area contributed by atoms with Crippen LogP contribution in [0.4, 0.5) is 0 Å². The number of rotatable bonds is 7. The first-order valence-corrected chi connectivity index (χ1v) is 8.09. The van der Waals surface area contributed by atoms with Crippen LogP contribution in [0.5, 0.6) is 0 Å². The summed E-state index contributed by atoms with van der Waals surface area (Å²) in [6, 6.07) is 2.10. The molecule has 0 bridgehead atoms. The van der Waals surface area contributed by atoms with Gasteiger partial charge in [0.2, 0.25) is 0 Å². The first-order chi connectivity index (χ1) is 11.1. The van der Waals surface area contributed by atoms with Gasteiger partial charge < -0.3 is 10.6 Å². The van der Waals surface area contributed by atoms with E-state index in [1.807, 2.05) is 26.4 Å². The lowest BCUT2D eigenvalue weighted by molar-refractivity contribution is 0.555. The van der Waals surface area contributed by atoms with Gasteiger partial charge in [-0.3, -0.25) is 9.36 Å². The predicted octanol–water partition coefficient (Wildman–Crippen LogP) is 1.38. The monoisotopic (exact) mass is 317 g/mol. The van der Waals surface area contributed by atoms with Crippen molar-refractivity contribution in [3.8, 4) is 0 Å². The second kappa shape index (κ2) is 8.36. The van der Waals surface area contributed by atoms with Crippen LogP contribution in [0.1, 0.15) is 30.3 Å². The lowest BCUT2D eigenvalue weighted by Gasteiger charge is -2.11. The molecule has 2 N–H and O–H groups in total. The zero-order valence-electron chi connectivity index (χ0n) is 14.5. The first kappa shape index (κ1) is 17.1. The lowest BCUT2D eigenvalue weighted by Crippen LogP contribution is -2.38. The van der Waals surface area contributed by atoms with Crippen LogP contribution in [-0.2, 0) is 20.1 Å². The van der Waals surface area contributed by atoms with Crippen molar-refractivity contribution in [2.75, 3.05) is 13.1 Å². The van der Waals surface area contributed by atoms with Crippen molar-refractivity contribution in [2.24, 2.45) is 12.0 Å². The molecule has 2 heterocycles. The van der Waals surface area contributed by atoms with Crippen molar-refractivity contribution in [1.82, 2.24) is 30.2 Å². The number of aryl methyl sites for hydroxylation is 4. The minimum Gasteiger partial charge on any atom is -0.357 e. The van der Waals surface area contributed by atoms with Crippen molar-refractivity contribution in [2.45, 2.75) is 40.3 Å². The van der Waals surface area contributed by atoms with E-state index in [0.717, 1.165) is 43.3 Å². The Morgan fingerprint density at radius 3 is 2.74 bits per heavy atom. The van der Waals surface area contributed by atoms with E-state index in [-0.39, 0.29) is 0 Å². The van der Waals surface area contributed by atoms with Gasteiger partial charge in [0.05, 0.1) is 18.4 Å². The van der Waals surface area contributed by atoms with E-state index < -0.39 is 0 Å². The van der Waals surface area contributed by atoms with Gasteiger partial charge in [-0.2, -0.15) is 10.2 Å². The molecule has 0 aliphatic rings. The Hall–Kier alpha value is -2.31. The second-order valence-electron chi connectivity index (χ2n) is 5.65. The van der Waals surface area contributed by atoms with E-state index in [1.165, 1.54) is 5.69 Å². The van der Waals surface area contributed by atoms with Crippen molar-refractivity contribution in [3.63, 3.8) is 0 Å². The summed E-state index contributed by atoms with van der Waals surface area (Å²) in [6.45, 7) is 9.42. The number of nitrogens with zero attached hydrogens (tertiary/aromatic N) is 5. The van der Waals surface area contributed by atoms with E-state index in [9.17, 15) is 0 Å². The van der Waals surface area contributed by atoms with E-state index in [2.05, 4.69) is 50.4 Å². The Morgan fingerprint density at radius 1 is 1.30 bits per heavy atom. The quantitative estimate of drug-likeness (QED) is 0.460. The standard InChI is InChI=1S/C16H27N7/c1-5-17-16(19-10-15-11-20-22(4)12-15)18-7-6-8-23-14(3)9-13(2)21-23/h9,11-12H,5-8,10H2,1-4H3,(H2,17,18,19). The smallest absolute Gasteiger partial charge is 0.191 e. The highest BCUT2D eigenvalue weighted by Crippen LogP contribution is 2.02. The molecule has 0 saturated carbocycles. The normalized spacial score (nSPS) is 11.7. The number of nitrogens with one attached hydrogen (secondary N) is 2. The van der Waals surface area contributed by atoms with Crippen LogP contribution in [0.2, 0.25) is 0 Å². The molecule has 0 atom stereocenters. The van der Waals surface area contributed by atoms with Gasteiger partial charge in [-0.15, -0.1) is 0 Å². The third kappa shape index (κ3) is 5.43. The summed E-state index contributed by atoms with van der Waals surface area (Å²) in [5.41, 5.74) is 3.38. The Balaban J connectivity index is 1.78. The maximum Gasteiger partial charge on any atom is 0.191 e. The molecule has 0 spiro atoms. The third-order valence-electron chi connectivity index (χ3n) is 3.46. The van der Waals surface area contributed by atoms with Gasteiger partial charge in [0.15, 0.2) is 5.96 Å². The molecule has 7 nitrogen and oxygen atoms in total. The molecule has 0 radical (unpaired) electrons. The zero-order chi connectivity index (χ0) is 16.7. The van der Waals surface area contributed by atoms with E-state index in [1.54, 1.807) is 4.68 Å². The van der Waals surface area contributed by atoms with E-state index in [4.69, 9.17) is 0 Å². The highest BCUT2D eigenvalue weighted by molar-refractivity contribution is 5.79. The molecular formula is C16H27N7. The van der Waals surface area contributed by atoms with Crippen LogP contribution < -0.4 is 10.6 Å². The fourth-order valence-electron chi connectivity index (χ4n) is 2.40. The number of hydrogen-bond donors (Lipinski definition) is 2. The van der Waals surface area contributed by atoms with Crippen molar-refractivity contribution < 1.29 is 0 Å². The Kier molecular flexibility index (Phi) is 6.19. The highest BCUT2D eigenvalue weighted by Gasteiger charge is 2.02. The van der Waals surface area contributed by atoms with Gasteiger partial charge in [0.1, 0.15) is 0 Å².